The molecule has 2 rings (SSSR count). The van der Waals surface area contributed by atoms with Crippen molar-refractivity contribution in [3.63, 3.8) is 0 Å². The number of methoxy groups -OCH3 is 1. The lowest BCUT2D eigenvalue weighted by Crippen LogP contribution is -2.22. The molecular weight excluding hydrogens is 321 g/mol. The Hall–Kier alpha value is -1.39. The lowest BCUT2D eigenvalue weighted by atomic mass is 9.98. The highest BCUT2D eigenvalue weighted by molar-refractivity contribution is 9.10. The maximum absolute atomic E-state index is 13.5. The van der Waals surface area contributed by atoms with Crippen LogP contribution in [0, 0.1) is 5.82 Å². The molecular formula is C16H17BrFNO. The summed E-state index contributed by atoms with van der Waals surface area (Å²) in [7, 11) is 1.64. The van der Waals surface area contributed by atoms with Gasteiger partial charge in [-0.25, -0.2) is 4.39 Å². The molecule has 1 N–H and O–H groups in total. The Bertz CT molecular complexity index is 588. The van der Waals surface area contributed by atoms with E-state index in [2.05, 4.69) is 21.2 Å². The van der Waals surface area contributed by atoms with E-state index in [1.165, 1.54) is 6.07 Å². The third kappa shape index (κ3) is 3.38. The highest BCUT2D eigenvalue weighted by Crippen LogP contribution is 2.30. The minimum atomic E-state index is -0.242. The Morgan fingerprint density at radius 1 is 1.25 bits per heavy atom. The Balaban J connectivity index is 2.46. The highest BCUT2D eigenvalue weighted by Gasteiger charge is 2.17. The van der Waals surface area contributed by atoms with Gasteiger partial charge in [-0.1, -0.05) is 35.0 Å². The summed E-state index contributed by atoms with van der Waals surface area (Å²) in [5, 5.41) is 3.38. The fourth-order valence-electron chi connectivity index (χ4n) is 2.17. The lowest BCUT2D eigenvalue weighted by molar-refractivity contribution is 0.413. The van der Waals surface area contributed by atoms with Gasteiger partial charge in [-0.15, -0.1) is 0 Å². The number of hydrogen-bond donors (Lipinski definition) is 1. The van der Waals surface area contributed by atoms with E-state index in [4.69, 9.17) is 4.74 Å². The van der Waals surface area contributed by atoms with Crippen molar-refractivity contribution >= 4 is 15.9 Å². The van der Waals surface area contributed by atoms with E-state index >= 15 is 0 Å². The molecule has 2 aromatic carbocycles. The molecule has 0 aliphatic carbocycles. The number of benzene rings is 2. The summed E-state index contributed by atoms with van der Waals surface area (Å²) in [6.45, 7) is 2.81. The van der Waals surface area contributed by atoms with Gasteiger partial charge in [0.1, 0.15) is 11.6 Å². The van der Waals surface area contributed by atoms with Gasteiger partial charge < -0.3 is 10.1 Å². The summed E-state index contributed by atoms with van der Waals surface area (Å²) >= 11 is 3.50. The van der Waals surface area contributed by atoms with E-state index in [1.807, 2.05) is 31.2 Å². The van der Waals surface area contributed by atoms with Crippen molar-refractivity contribution in [2.45, 2.75) is 13.0 Å². The second-order valence-corrected chi connectivity index (χ2v) is 5.29. The zero-order valence-corrected chi connectivity index (χ0v) is 13.1. The van der Waals surface area contributed by atoms with Crippen LogP contribution < -0.4 is 10.1 Å². The van der Waals surface area contributed by atoms with Gasteiger partial charge in [0.25, 0.3) is 0 Å². The zero-order valence-electron chi connectivity index (χ0n) is 11.5. The molecule has 0 heterocycles. The van der Waals surface area contributed by atoms with Crippen molar-refractivity contribution in [3.05, 3.63) is 63.9 Å². The molecule has 0 saturated carbocycles. The van der Waals surface area contributed by atoms with Gasteiger partial charge >= 0.3 is 0 Å². The van der Waals surface area contributed by atoms with Crippen molar-refractivity contribution in [3.8, 4) is 5.75 Å². The van der Waals surface area contributed by atoms with Crippen molar-refractivity contribution in [1.82, 2.24) is 5.32 Å². The first-order valence-corrected chi connectivity index (χ1v) is 7.27. The maximum Gasteiger partial charge on any atom is 0.123 e. The molecule has 1 atom stereocenters. The van der Waals surface area contributed by atoms with E-state index in [9.17, 15) is 4.39 Å². The van der Waals surface area contributed by atoms with Crippen LogP contribution in [-0.2, 0) is 0 Å². The van der Waals surface area contributed by atoms with Gasteiger partial charge in [-0.3, -0.25) is 0 Å². The molecule has 0 saturated heterocycles. The van der Waals surface area contributed by atoms with Crippen molar-refractivity contribution < 1.29 is 9.13 Å². The van der Waals surface area contributed by atoms with E-state index in [1.54, 1.807) is 19.2 Å². The molecule has 0 aliphatic rings. The molecule has 106 valence electrons. The van der Waals surface area contributed by atoms with Crippen molar-refractivity contribution in [2.75, 3.05) is 13.7 Å². The molecule has 0 aliphatic heterocycles. The average Bonchev–Trinajstić information content (AvgIpc) is 2.47. The van der Waals surface area contributed by atoms with Gasteiger partial charge in [-0.2, -0.15) is 0 Å². The van der Waals surface area contributed by atoms with Gasteiger partial charge in [0.2, 0.25) is 0 Å². The van der Waals surface area contributed by atoms with Gasteiger partial charge in [-0.05, 0) is 48.0 Å². The van der Waals surface area contributed by atoms with E-state index in [0.29, 0.717) is 0 Å². The quantitative estimate of drug-likeness (QED) is 0.878. The maximum atomic E-state index is 13.5. The first-order valence-electron chi connectivity index (χ1n) is 6.48. The van der Waals surface area contributed by atoms with E-state index < -0.39 is 0 Å². The SMILES string of the molecule is CCNC(c1cccc(OC)c1)c1cc(F)ccc1Br. The average molecular weight is 338 g/mol. The Labute approximate surface area is 127 Å². The van der Waals surface area contributed by atoms with Crippen LogP contribution in [-0.4, -0.2) is 13.7 Å². The Morgan fingerprint density at radius 3 is 2.75 bits per heavy atom. The second kappa shape index (κ2) is 6.86. The van der Waals surface area contributed by atoms with Crippen LogP contribution in [0.4, 0.5) is 4.39 Å². The predicted molar refractivity (Wildman–Crippen MR) is 82.6 cm³/mol. The molecule has 0 fully saturated rings. The Morgan fingerprint density at radius 2 is 2.05 bits per heavy atom. The van der Waals surface area contributed by atoms with Crippen LogP contribution in [0.3, 0.4) is 0 Å². The standard InChI is InChI=1S/C16H17BrFNO/c1-3-19-16(11-5-4-6-13(9-11)20-2)14-10-12(18)7-8-15(14)17/h4-10,16,19H,3H2,1-2H3. The number of nitrogens with one attached hydrogen (secondary N) is 1. The fraction of sp³-hybridized carbons (Fsp3) is 0.250. The van der Waals surface area contributed by atoms with Crippen LogP contribution in [0.25, 0.3) is 0 Å². The summed E-state index contributed by atoms with van der Waals surface area (Å²) < 4.78 is 19.7. The van der Waals surface area contributed by atoms with Crippen LogP contribution in [0.5, 0.6) is 5.75 Å². The summed E-state index contributed by atoms with van der Waals surface area (Å²) in [5.74, 6) is 0.548. The topological polar surface area (TPSA) is 21.3 Å². The van der Waals surface area contributed by atoms with Gasteiger partial charge in [0.05, 0.1) is 13.2 Å². The second-order valence-electron chi connectivity index (χ2n) is 4.43. The van der Waals surface area contributed by atoms with E-state index in [0.717, 1.165) is 27.9 Å². The monoisotopic (exact) mass is 337 g/mol. The molecule has 0 bridgehead atoms. The van der Waals surface area contributed by atoms with Gasteiger partial charge in [0.15, 0.2) is 0 Å². The first-order chi connectivity index (χ1) is 9.65. The summed E-state index contributed by atoms with van der Waals surface area (Å²) in [4.78, 5) is 0. The first kappa shape index (κ1) is 15.0. The van der Waals surface area contributed by atoms with Crippen molar-refractivity contribution in [2.24, 2.45) is 0 Å². The minimum absolute atomic E-state index is 0.0832. The molecule has 0 spiro atoms. The summed E-state index contributed by atoms with van der Waals surface area (Å²) in [5.41, 5.74) is 1.91. The van der Waals surface area contributed by atoms with E-state index in [-0.39, 0.29) is 11.9 Å². The lowest BCUT2D eigenvalue weighted by Gasteiger charge is -2.21. The van der Waals surface area contributed by atoms with Crippen LogP contribution in [0.2, 0.25) is 0 Å². The molecule has 2 nitrogen and oxygen atoms in total. The Kier molecular flexibility index (Phi) is 5.15. The van der Waals surface area contributed by atoms with Crippen molar-refractivity contribution in [1.29, 1.82) is 0 Å². The van der Waals surface area contributed by atoms with Gasteiger partial charge in [0, 0.05) is 4.47 Å². The molecule has 0 aromatic heterocycles. The van der Waals surface area contributed by atoms with Crippen LogP contribution in [0.1, 0.15) is 24.1 Å². The molecule has 20 heavy (non-hydrogen) atoms. The minimum Gasteiger partial charge on any atom is -0.497 e. The number of rotatable bonds is 5. The number of hydrogen-bond acceptors (Lipinski definition) is 2. The third-order valence-electron chi connectivity index (χ3n) is 3.10. The highest BCUT2D eigenvalue weighted by atomic mass is 79.9. The van der Waals surface area contributed by atoms with Crippen LogP contribution >= 0.6 is 15.9 Å². The number of ether oxygens (including phenoxy) is 1. The molecule has 1 unspecified atom stereocenters. The molecule has 4 heteroatoms. The summed E-state index contributed by atoms with van der Waals surface area (Å²) in [6.07, 6.45) is 0. The molecule has 0 radical (unpaired) electrons. The van der Waals surface area contributed by atoms with Crippen LogP contribution in [0.15, 0.2) is 46.9 Å². The summed E-state index contributed by atoms with van der Waals surface area (Å²) in [6, 6.07) is 12.4. The number of halogens is 2. The largest absolute Gasteiger partial charge is 0.497 e. The normalized spacial score (nSPS) is 12.2. The predicted octanol–water partition coefficient (Wildman–Crippen LogP) is 4.30. The fourth-order valence-corrected chi connectivity index (χ4v) is 2.64. The molecule has 0 amide bonds. The zero-order chi connectivity index (χ0) is 14.5. The third-order valence-corrected chi connectivity index (χ3v) is 3.83. The smallest absolute Gasteiger partial charge is 0.123 e. The molecule has 2 aromatic rings.